The summed E-state index contributed by atoms with van der Waals surface area (Å²) in [6.45, 7) is 3.66. The van der Waals surface area contributed by atoms with Crippen molar-refractivity contribution in [1.29, 1.82) is 5.26 Å². The van der Waals surface area contributed by atoms with Crippen molar-refractivity contribution >= 4 is 15.9 Å². The summed E-state index contributed by atoms with van der Waals surface area (Å²) in [5.74, 6) is 0.117. The fraction of sp³-hybridized carbons (Fsp3) is 0.333. The highest BCUT2D eigenvalue weighted by Gasteiger charge is 2.33. The summed E-state index contributed by atoms with van der Waals surface area (Å²) in [6.07, 6.45) is -3.85. The summed E-state index contributed by atoms with van der Waals surface area (Å²) in [5.41, 5.74) is 0.898. The zero-order valence-electron chi connectivity index (χ0n) is 12.4. The molecule has 0 aliphatic heterocycles. The van der Waals surface area contributed by atoms with Gasteiger partial charge in [0.25, 0.3) is 0 Å². The maximum absolute atomic E-state index is 12.7. The molecule has 2 rings (SSSR count). The third kappa shape index (κ3) is 3.67. The van der Waals surface area contributed by atoms with Crippen LogP contribution < -0.4 is 4.74 Å². The zero-order valence-corrected chi connectivity index (χ0v) is 14.0. The smallest absolute Gasteiger partial charge is 0.403 e. The van der Waals surface area contributed by atoms with Crippen LogP contribution in [0.4, 0.5) is 13.2 Å². The van der Waals surface area contributed by atoms with Crippen molar-refractivity contribution in [2.75, 3.05) is 0 Å². The minimum atomic E-state index is -4.83. The molecule has 4 nitrogen and oxygen atoms in total. The molecule has 0 spiro atoms. The predicted octanol–water partition coefficient (Wildman–Crippen LogP) is 4.53. The van der Waals surface area contributed by atoms with Crippen molar-refractivity contribution in [1.82, 2.24) is 9.55 Å². The first-order valence-corrected chi connectivity index (χ1v) is 7.66. The monoisotopic (exact) mass is 387 g/mol. The van der Waals surface area contributed by atoms with Crippen molar-refractivity contribution in [3.05, 3.63) is 39.9 Å². The first kappa shape index (κ1) is 17.3. The Morgan fingerprint density at radius 1 is 1.30 bits per heavy atom. The maximum Gasteiger partial charge on any atom is 0.573 e. The van der Waals surface area contributed by atoms with E-state index >= 15 is 0 Å². The summed E-state index contributed by atoms with van der Waals surface area (Å²) >= 11 is 3.13. The molecule has 122 valence electrons. The van der Waals surface area contributed by atoms with Gasteiger partial charge in [0.2, 0.25) is 0 Å². The fourth-order valence-corrected chi connectivity index (χ4v) is 2.59. The Bertz CT molecular complexity index is 763. The molecular formula is C15H13BrF3N3O. The van der Waals surface area contributed by atoms with E-state index in [4.69, 9.17) is 0 Å². The Labute approximate surface area is 139 Å². The predicted molar refractivity (Wildman–Crippen MR) is 81.4 cm³/mol. The number of aryl methyl sites for hydroxylation is 2. The van der Waals surface area contributed by atoms with Crippen LogP contribution in [-0.4, -0.2) is 15.9 Å². The molecule has 0 unspecified atom stereocenters. The van der Waals surface area contributed by atoms with Crippen LogP contribution in [0, 0.1) is 11.3 Å². The summed E-state index contributed by atoms with van der Waals surface area (Å²) in [7, 11) is 0. The summed E-state index contributed by atoms with van der Waals surface area (Å²) in [5, 5.41) is 9.40. The molecule has 0 aliphatic carbocycles. The number of ether oxygens (including phenoxy) is 1. The lowest BCUT2D eigenvalue weighted by atomic mass is 10.2. The zero-order chi connectivity index (χ0) is 17.2. The van der Waals surface area contributed by atoms with Crippen molar-refractivity contribution < 1.29 is 17.9 Å². The fourth-order valence-electron chi connectivity index (χ4n) is 2.25. The van der Waals surface area contributed by atoms with Crippen LogP contribution in [0.2, 0.25) is 0 Å². The van der Waals surface area contributed by atoms with Crippen LogP contribution in [0.15, 0.2) is 22.7 Å². The minimum absolute atomic E-state index is 0.131. The van der Waals surface area contributed by atoms with Gasteiger partial charge in [0.15, 0.2) is 5.75 Å². The maximum atomic E-state index is 12.7. The Hall–Kier alpha value is -2.01. The molecule has 8 heteroatoms. The highest BCUT2D eigenvalue weighted by Crippen LogP contribution is 2.34. The summed E-state index contributed by atoms with van der Waals surface area (Å²) < 4.78 is 44.0. The molecule has 0 aliphatic rings. The first-order valence-electron chi connectivity index (χ1n) is 6.87. The van der Waals surface area contributed by atoms with Crippen molar-refractivity contribution in [2.24, 2.45) is 0 Å². The molecule has 0 saturated heterocycles. The quantitative estimate of drug-likeness (QED) is 0.774. The highest BCUT2D eigenvalue weighted by molar-refractivity contribution is 9.10. The molecule has 1 aromatic heterocycles. The number of aromatic nitrogens is 2. The van der Waals surface area contributed by atoms with Gasteiger partial charge in [-0.25, -0.2) is 4.98 Å². The molecule has 0 radical (unpaired) electrons. The highest BCUT2D eigenvalue weighted by atomic mass is 79.9. The number of alkyl halides is 3. The Balaban J connectivity index is 2.72. The van der Waals surface area contributed by atoms with Gasteiger partial charge in [0.1, 0.15) is 17.6 Å². The van der Waals surface area contributed by atoms with Crippen LogP contribution in [0.1, 0.15) is 31.1 Å². The number of benzene rings is 1. The van der Waals surface area contributed by atoms with Crippen LogP contribution in [0.5, 0.6) is 5.75 Å². The normalized spacial score (nSPS) is 11.3. The third-order valence-electron chi connectivity index (χ3n) is 3.16. The van der Waals surface area contributed by atoms with E-state index in [2.05, 4.69) is 25.7 Å². The van der Waals surface area contributed by atoms with Gasteiger partial charge in [-0.1, -0.05) is 29.8 Å². The van der Waals surface area contributed by atoms with Gasteiger partial charge in [-0.15, -0.1) is 13.2 Å². The average Bonchev–Trinajstić information content (AvgIpc) is 2.83. The molecule has 1 aromatic carbocycles. The Morgan fingerprint density at radius 3 is 2.52 bits per heavy atom. The molecule has 1 heterocycles. The number of rotatable bonds is 4. The van der Waals surface area contributed by atoms with Gasteiger partial charge in [0, 0.05) is 10.9 Å². The lowest BCUT2D eigenvalue weighted by Gasteiger charge is -2.16. The second kappa shape index (κ2) is 6.62. The van der Waals surface area contributed by atoms with Crippen LogP contribution >= 0.6 is 15.9 Å². The van der Waals surface area contributed by atoms with Crippen molar-refractivity contribution in [2.45, 2.75) is 33.1 Å². The number of nitriles is 1. The molecule has 0 N–H and O–H groups in total. The van der Waals surface area contributed by atoms with Gasteiger partial charge in [0.05, 0.1) is 11.4 Å². The van der Waals surface area contributed by atoms with Gasteiger partial charge < -0.3 is 4.74 Å². The molecule has 23 heavy (non-hydrogen) atoms. The van der Waals surface area contributed by atoms with E-state index in [9.17, 15) is 18.4 Å². The van der Waals surface area contributed by atoms with E-state index in [1.54, 1.807) is 6.07 Å². The number of halogens is 4. The molecule has 0 atom stereocenters. The van der Waals surface area contributed by atoms with Gasteiger partial charge in [-0.3, -0.25) is 4.57 Å². The molecule has 0 bridgehead atoms. The first-order chi connectivity index (χ1) is 10.8. The van der Waals surface area contributed by atoms with Crippen LogP contribution in [-0.2, 0) is 12.8 Å². The van der Waals surface area contributed by atoms with Crippen LogP contribution in [0.25, 0.3) is 5.69 Å². The standard InChI is InChI=1S/C15H13BrF3N3O/c1-3-10-12(8-20)22(14(4-2)21-10)11-6-5-9(16)7-13(11)23-15(17,18)19/h5-7H,3-4H2,1-2H3. The molecule has 0 fully saturated rings. The number of hydrogen-bond acceptors (Lipinski definition) is 3. The van der Waals surface area contributed by atoms with E-state index in [-0.39, 0.29) is 11.4 Å². The van der Waals surface area contributed by atoms with Gasteiger partial charge >= 0.3 is 6.36 Å². The number of imidazole rings is 1. The molecule has 0 saturated carbocycles. The van der Waals surface area contributed by atoms with Crippen molar-refractivity contribution in [3.8, 4) is 17.5 Å². The Morgan fingerprint density at radius 2 is 2.00 bits per heavy atom. The van der Waals surface area contributed by atoms with E-state index in [0.717, 1.165) is 0 Å². The topological polar surface area (TPSA) is 50.8 Å². The summed E-state index contributed by atoms with van der Waals surface area (Å²) in [4.78, 5) is 4.35. The second-order valence-corrected chi connectivity index (χ2v) is 5.55. The number of nitrogens with zero attached hydrogens (tertiary/aromatic N) is 3. The summed E-state index contributed by atoms with van der Waals surface area (Å²) in [6, 6.07) is 6.29. The lowest BCUT2D eigenvalue weighted by molar-refractivity contribution is -0.274. The lowest BCUT2D eigenvalue weighted by Crippen LogP contribution is -2.19. The average molecular weight is 388 g/mol. The van der Waals surface area contributed by atoms with E-state index in [1.807, 2.05) is 19.9 Å². The molecule has 0 amide bonds. The minimum Gasteiger partial charge on any atom is -0.403 e. The van der Waals surface area contributed by atoms with E-state index in [0.29, 0.717) is 28.8 Å². The van der Waals surface area contributed by atoms with Crippen LogP contribution in [0.3, 0.4) is 0 Å². The largest absolute Gasteiger partial charge is 0.573 e. The van der Waals surface area contributed by atoms with Gasteiger partial charge in [-0.05, 0) is 24.6 Å². The molecular weight excluding hydrogens is 375 g/mol. The van der Waals surface area contributed by atoms with Gasteiger partial charge in [-0.2, -0.15) is 5.26 Å². The molecule has 2 aromatic rings. The second-order valence-electron chi connectivity index (χ2n) is 4.64. The third-order valence-corrected chi connectivity index (χ3v) is 3.66. The SMILES string of the molecule is CCc1nc(CC)n(-c2ccc(Br)cc2OC(F)(F)F)c1C#N. The Kier molecular flexibility index (Phi) is 5.00. The van der Waals surface area contributed by atoms with E-state index < -0.39 is 12.1 Å². The van der Waals surface area contributed by atoms with E-state index in [1.165, 1.54) is 16.7 Å². The number of hydrogen-bond donors (Lipinski definition) is 0. The van der Waals surface area contributed by atoms with Crippen molar-refractivity contribution in [3.63, 3.8) is 0 Å².